The van der Waals surface area contributed by atoms with Crippen LogP contribution in [-0.4, -0.2) is 23.8 Å². The molecule has 1 unspecified atom stereocenters. The highest BCUT2D eigenvalue weighted by atomic mass is 79.9. The van der Waals surface area contributed by atoms with E-state index in [1.165, 1.54) is 0 Å². The van der Waals surface area contributed by atoms with Crippen LogP contribution < -0.4 is 15.4 Å². The predicted octanol–water partition coefficient (Wildman–Crippen LogP) is 4.46. The van der Waals surface area contributed by atoms with Gasteiger partial charge in [-0.3, -0.25) is 9.59 Å². The number of ether oxygens (including phenoxy) is 1. The summed E-state index contributed by atoms with van der Waals surface area (Å²) in [7, 11) is 1.61. The Morgan fingerprint density at radius 2 is 1.97 bits per heavy atom. The number of carbonyl (C=O) groups is 2. The molecular formula is C23H22BrN3O3. The molecule has 1 aliphatic carbocycles. The Labute approximate surface area is 183 Å². The second-order valence-electron chi connectivity index (χ2n) is 7.35. The highest BCUT2D eigenvalue weighted by Gasteiger charge is 2.38. The third kappa shape index (κ3) is 3.89. The van der Waals surface area contributed by atoms with Crippen molar-refractivity contribution >= 4 is 33.4 Å². The minimum absolute atomic E-state index is 0.0872. The van der Waals surface area contributed by atoms with Gasteiger partial charge in [-0.15, -0.1) is 0 Å². The van der Waals surface area contributed by atoms with Crippen LogP contribution in [0.1, 0.15) is 37.7 Å². The number of ketones is 1. The minimum atomic E-state index is -0.435. The fraction of sp³-hybridized carbons (Fsp3) is 0.261. The first kappa shape index (κ1) is 20.3. The Bertz CT molecular complexity index is 1060. The van der Waals surface area contributed by atoms with Gasteiger partial charge in [0.2, 0.25) is 0 Å². The molecule has 154 valence electrons. The van der Waals surface area contributed by atoms with Crippen molar-refractivity contribution < 1.29 is 14.3 Å². The Morgan fingerprint density at radius 3 is 2.63 bits per heavy atom. The van der Waals surface area contributed by atoms with Gasteiger partial charge in [0.1, 0.15) is 11.6 Å². The second-order valence-corrected chi connectivity index (χ2v) is 8.27. The fourth-order valence-corrected chi connectivity index (χ4v) is 4.28. The first-order valence-corrected chi connectivity index (χ1v) is 10.6. The summed E-state index contributed by atoms with van der Waals surface area (Å²) in [5.41, 5.74) is 3.76. The summed E-state index contributed by atoms with van der Waals surface area (Å²) in [5.74, 6) is 0.550. The van der Waals surface area contributed by atoms with Gasteiger partial charge in [0.25, 0.3) is 5.91 Å². The lowest BCUT2D eigenvalue weighted by Gasteiger charge is -2.34. The highest BCUT2D eigenvalue weighted by Crippen LogP contribution is 2.42. The molecule has 1 aromatic carbocycles. The van der Waals surface area contributed by atoms with Crippen LogP contribution >= 0.6 is 15.9 Å². The van der Waals surface area contributed by atoms with Crippen LogP contribution in [0.25, 0.3) is 0 Å². The van der Waals surface area contributed by atoms with Crippen molar-refractivity contribution in [1.29, 1.82) is 0 Å². The maximum Gasteiger partial charge on any atom is 0.255 e. The van der Waals surface area contributed by atoms with Crippen LogP contribution in [0.3, 0.4) is 0 Å². The van der Waals surface area contributed by atoms with Crippen molar-refractivity contribution in [2.75, 3.05) is 12.4 Å². The zero-order valence-corrected chi connectivity index (χ0v) is 18.4. The van der Waals surface area contributed by atoms with E-state index in [1.54, 1.807) is 19.4 Å². The minimum Gasteiger partial charge on any atom is -0.497 e. The predicted molar refractivity (Wildman–Crippen MR) is 118 cm³/mol. The summed E-state index contributed by atoms with van der Waals surface area (Å²) in [6, 6.07) is 11.1. The van der Waals surface area contributed by atoms with E-state index < -0.39 is 5.92 Å². The second kappa shape index (κ2) is 8.44. The summed E-state index contributed by atoms with van der Waals surface area (Å²) >= 11 is 3.35. The molecule has 2 aliphatic rings. The molecule has 1 amide bonds. The molecule has 0 saturated carbocycles. The molecule has 2 aromatic rings. The van der Waals surface area contributed by atoms with Crippen LogP contribution in [0.2, 0.25) is 0 Å². The van der Waals surface area contributed by atoms with E-state index in [2.05, 4.69) is 31.5 Å². The number of Topliss-reactive ketones (excluding diaryl/α,β-unsaturated/α-hetero) is 1. The Morgan fingerprint density at radius 1 is 1.20 bits per heavy atom. The van der Waals surface area contributed by atoms with Crippen LogP contribution in [0.15, 0.2) is 69.6 Å². The van der Waals surface area contributed by atoms with Crippen LogP contribution in [0, 0.1) is 0 Å². The number of anilines is 1. The van der Waals surface area contributed by atoms with Gasteiger partial charge in [0.15, 0.2) is 5.78 Å². The lowest BCUT2D eigenvalue weighted by Crippen LogP contribution is -2.35. The first-order chi connectivity index (χ1) is 14.5. The molecule has 7 heteroatoms. The van der Waals surface area contributed by atoms with E-state index in [0.29, 0.717) is 23.4 Å². The van der Waals surface area contributed by atoms with Crippen molar-refractivity contribution in [3.05, 3.63) is 75.2 Å². The average molecular weight is 468 g/mol. The molecule has 0 saturated heterocycles. The summed E-state index contributed by atoms with van der Waals surface area (Å²) < 4.78 is 6.10. The van der Waals surface area contributed by atoms with Crippen molar-refractivity contribution in [1.82, 2.24) is 10.3 Å². The maximum absolute atomic E-state index is 13.3. The number of carbonyl (C=O) groups excluding carboxylic acids is 2. The molecule has 2 N–H and O–H groups in total. The quantitative estimate of drug-likeness (QED) is 0.693. The summed E-state index contributed by atoms with van der Waals surface area (Å²) in [4.78, 5) is 30.5. The normalized spacial score (nSPS) is 18.6. The number of aromatic nitrogens is 1. The number of hydrogen-bond acceptors (Lipinski definition) is 5. The zero-order valence-electron chi connectivity index (χ0n) is 16.8. The summed E-state index contributed by atoms with van der Waals surface area (Å²) in [5, 5.41) is 6.20. The van der Waals surface area contributed by atoms with Gasteiger partial charge in [-0.05, 0) is 65.5 Å². The number of dihydropyridines is 1. The van der Waals surface area contributed by atoms with E-state index in [1.807, 2.05) is 37.3 Å². The van der Waals surface area contributed by atoms with Gasteiger partial charge in [0.05, 0.1) is 7.11 Å². The molecule has 6 nitrogen and oxygen atoms in total. The number of nitrogens with one attached hydrogen (secondary N) is 2. The van der Waals surface area contributed by atoms with E-state index in [-0.39, 0.29) is 11.7 Å². The van der Waals surface area contributed by atoms with Gasteiger partial charge in [0, 0.05) is 45.5 Å². The van der Waals surface area contributed by atoms with Crippen molar-refractivity contribution in [3.8, 4) is 5.75 Å². The van der Waals surface area contributed by atoms with Crippen LogP contribution in [0.5, 0.6) is 5.75 Å². The number of hydrogen-bond donors (Lipinski definition) is 2. The third-order valence-corrected chi connectivity index (χ3v) is 5.91. The first-order valence-electron chi connectivity index (χ1n) is 9.79. The van der Waals surface area contributed by atoms with Crippen molar-refractivity contribution in [2.24, 2.45) is 0 Å². The SMILES string of the molecule is COc1ccc(C2C(C(=O)Nc3ccc(Br)cn3)=C(C)NC3=C2C(=O)CCC3)cc1. The molecule has 0 fully saturated rings. The lowest BCUT2D eigenvalue weighted by atomic mass is 9.75. The lowest BCUT2D eigenvalue weighted by molar-refractivity contribution is -0.116. The van der Waals surface area contributed by atoms with E-state index in [0.717, 1.165) is 40.0 Å². The number of benzene rings is 1. The average Bonchev–Trinajstić information content (AvgIpc) is 2.74. The van der Waals surface area contributed by atoms with Gasteiger partial charge in [-0.25, -0.2) is 4.98 Å². The molecule has 30 heavy (non-hydrogen) atoms. The zero-order chi connectivity index (χ0) is 21.3. The van der Waals surface area contributed by atoms with E-state index >= 15 is 0 Å². The number of rotatable bonds is 4. The number of pyridine rings is 1. The summed E-state index contributed by atoms with van der Waals surface area (Å²) in [6.07, 6.45) is 3.74. The fourth-order valence-electron chi connectivity index (χ4n) is 4.05. The van der Waals surface area contributed by atoms with Gasteiger partial charge < -0.3 is 15.4 Å². The molecule has 1 atom stereocenters. The van der Waals surface area contributed by atoms with Gasteiger partial charge >= 0.3 is 0 Å². The Hall–Kier alpha value is -2.93. The highest BCUT2D eigenvalue weighted by molar-refractivity contribution is 9.10. The van der Waals surface area contributed by atoms with Crippen LogP contribution in [-0.2, 0) is 9.59 Å². The van der Waals surface area contributed by atoms with Crippen molar-refractivity contribution in [2.45, 2.75) is 32.1 Å². The molecular weight excluding hydrogens is 446 g/mol. The molecule has 4 rings (SSSR count). The number of nitrogens with zero attached hydrogens (tertiary/aromatic N) is 1. The maximum atomic E-state index is 13.3. The Kier molecular flexibility index (Phi) is 5.72. The third-order valence-electron chi connectivity index (χ3n) is 5.44. The van der Waals surface area contributed by atoms with E-state index in [9.17, 15) is 9.59 Å². The summed E-state index contributed by atoms with van der Waals surface area (Å²) in [6.45, 7) is 1.88. The molecule has 1 aromatic heterocycles. The molecule has 0 spiro atoms. The van der Waals surface area contributed by atoms with Gasteiger partial charge in [-0.1, -0.05) is 12.1 Å². The number of halogens is 1. The topological polar surface area (TPSA) is 80.3 Å². The van der Waals surface area contributed by atoms with Crippen LogP contribution in [0.4, 0.5) is 5.82 Å². The molecule has 0 bridgehead atoms. The smallest absolute Gasteiger partial charge is 0.255 e. The number of allylic oxidation sites excluding steroid dienone is 3. The monoisotopic (exact) mass is 467 g/mol. The van der Waals surface area contributed by atoms with Crippen molar-refractivity contribution in [3.63, 3.8) is 0 Å². The standard InChI is InChI=1S/C23H22BrN3O3/c1-13-20(23(29)27-19-11-8-15(24)12-25-19)21(14-6-9-16(30-2)10-7-14)22-17(26-13)4-3-5-18(22)28/h6-12,21,26H,3-5H2,1-2H3,(H,25,27,29). The molecule has 0 radical (unpaired) electrons. The molecule has 2 heterocycles. The van der Waals surface area contributed by atoms with E-state index in [4.69, 9.17) is 4.74 Å². The van der Waals surface area contributed by atoms with Gasteiger partial charge in [-0.2, -0.15) is 0 Å². The molecule has 1 aliphatic heterocycles. The largest absolute Gasteiger partial charge is 0.497 e. The number of methoxy groups -OCH3 is 1. The number of amides is 1. The Balaban J connectivity index is 1.76.